The Morgan fingerprint density at radius 1 is 1.47 bits per heavy atom. The average Bonchev–Trinajstić information content (AvgIpc) is 2.19. The highest BCUT2D eigenvalue weighted by molar-refractivity contribution is 7.91. The molecule has 0 bridgehead atoms. The van der Waals surface area contributed by atoms with Gasteiger partial charge in [-0.15, -0.1) is 0 Å². The summed E-state index contributed by atoms with van der Waals surface area (Å²) in [4.78, 5) is 0.121. The van der Waals surface area contributed by atoms with E-state index in [1.807, 2.05) is 0 Å². The predicted molar refractivity (Wildman–Crippen MR) is 59.5 cm³/mol. The van der Waals surface area contributed by atoms with E-state index in [1.165, 1.54) is 18.2 Å². The number of rotatable bonds is 4. The van der Waals surface area contributed by atoms with E-state index in [0.717, 1.165) is 0 Å². The second-order valence-electron chi connectivity index (χ2n) is 2.91. The first-order chi connectivity index (χ1) is 6.97. The summed E-state index contributed by atoms with van der Waals surface area (Å²) in [5.41, 5.74) is 5.83. The van der Waals surface area contributed by atoms with Crippen LogP contribution in [-0.2, 0) is 14.6 Å². The van der Waals surface area contributed by atoms with Crippen molar-refractivity contribution in [3.8, 4) is 0 Å². The summed E-state index contributed by atoms with van der Waals surface area (Å²) in [6, 6.07) is 4.20. The zero-order valence-electron chi connectivity index (χ0n) is 8.23. The van der Waals surface area contributed by atoms with E-state index >= 15 is 0 Å². The molecule has 0 aliphatic rings. The topological polar surface area (TPSA) is 69.4 Å². The first-order valence-corrected chi connectivity index (χ1v) is 6.36. The molecule has 1 aromatic carbocycles. The van der Waals surface area contributed by atoms with Gasteiger partial charge in [0.25, 0.3) is 0 Å². The zero-order valence-corrected chi connectivity index (χ0v) is 9.81. The summed E-state index contributed by atoms with van der Waals surface area (Å²) >= 11 is 5.72. The van der Waals surface area contributed by atoms with Gasteiger partial charge in [0.2, 0.25) is 9.84 Å². The third-order valence-corrected chi connectivity index (χ3v) is 3.55. The zero-order chi connectivity index (χ0) is 11.5. The molecule has 15 heavy (non-hydrogen) atoms. The minimum absolute atomic E-state index is 0.121. The number of halogens is 1. The van der Waals surface area contributed by atoms with Crippen LogP contribution < -0.4 is 5.73 Å². The number of benzene rings is 1. The Morgan fingerprint density at radius 2 is 2.13 bits per heavy atom. The largest absolute Gasteiger partial charge is 0.398 e. The quantitative estimate of drug-likeness (QED) is 0.825. The van der Waals surface area contributed by atoms with Crippen LogP contribution in [-0.4, -0.2) is 21.0 Å². The van der Waals surface area contributed by atoms with Crippen molar-refractivity contribution in [3.63, 3.8) is 0 Å². The fourth-order valence-electron chi connectivity index (χ4n) is 0.962. The summed E-state index contributed by atoms with van der Waals surface area (Å²) in [7, 11) is -3.42. The van der Waals surface area contributed by atoms with Crippen LogP contribution in [0.2, 0.25) is 5.02 Å². The van der Waals surface area contributed by atoms with Gasteiger partial charge in [0, 0.05) is 6.61 Å². The van der Waals surface area contributed by atoms with Gasteiger partial charge in [-0.2, -0.15) is 0 Å². The molecule has 0 unspecified atom stereocenters. The molecule has 0 amide bonds. The third kappa shape index (κ3) is 3.09. The highest BCUT2D eigenvalue weighted by Gasteiger charge is 2.15. The van der Waals surface area contributed by atoms with Gasteiger partial charge in [0.05, 0.1) is 15.6 Å². The Hall–Kier alpha value is -0.780. The van der Waals surface area contributed by atoms with E-state index in [-0.39, 0.29) is 15.9 Å². The van der Waals surface area contributed by atoms with Gasteiger partial charge in [-0.3, -0.25) is 0 Å². The molecule has 6 heteroatoms. The Balaban J connectivity index is 3.00. The fraction of sp³-hybridized carbons (Fsp3) is 0.333. The van der Waals surface area contributed by atoms with Crippen molar-refractivity contribution in [1.82, 2.24) is 0 Å². The molecule has 0 atom stereocenters. The first-order valence-electron chi connectivity index (χ1n) is 4.33. The molecule has 0 radical (unpaired) electrons. The summed E-state index contributed by atoms with van der Waals surface area (Å²) in [6.45, 7) is 2.08. The van der Waals surface area contributed by atoms with E-state index in [0.29, 0.717) is 12.3 Å². The fourth-order valence-corrected chi connectivity index (χ4v) is 2.30. The molecular formula is C9H12ClNO3S. The van der Waals surface area contributed by atoms with Gasteiger partial charge in [-0.25, -0.2) is 8.42 Å². The molecule has 0 saturated heterocycles. The minimum Gasteiger partial charge on any atom is -0.398 e. The molecule has 4 nitrogen and oxygen atoms in total. The van der Waals surface area contributed by atoms with Crippen LogP contribution in [0.3, 0.4) is 0 Å². The van der Waals surface area contributed by atoms with E-state index in [4.69, 9.17) is 22.1 Å². The third-order valence-electron chi connectivity index (χ3n) is 1.77. The number of sulfone groups is 1. The highest BCUT2D eigenvalue weighted by atomic mass is 35.5. The summed E-state index contributed by atoms with van der Waals surface area (Å²) in [5.74, 6) is -0.344. The van der Waals surface area contributed by atoms with Gasteiger partial charge in [-0.05, 0) is 25.1 Å². The predicted octanol–water partition coefficient (Wildman–Crippen LogP) is 1.69. The number of hydrogen-bond acceptors (Lipinski definition) is 4. The van der Waals surface area contributed by atoms with Crippen molar-refractivity contribution in [3.05, 3.63) is 23.2 Å². The lowest BCUT2D eigenvalue weighted by molar-refractivity contribution is 0.192. The molecule has 0 spiro atoms. The number of hydrogen-bond donors (Lipinski definition) is 1. The molecule has 0 aromatic heterocycles. The van der Waals surface area contributed by atoms with Gasteiger partial charge < -0.3 is 10.5 Å². The van der Waals surface area contributed by atoms with Crippen LogP contribution in [0.5, 0.6) is 0 Å². The van der Waals surface area contributed by atoms with Crippen molar-refractivity contribution in [2.45, 2.75) is 11.8 Å². The van der Waals surface area contributed by atoms with Crippen molar-refractivity contribution in [2.24, 2.45) is 0 Å². The normalized spacial score (nSPS) is 11.6. The Morgan fingerprint density at radius 3 is 2.67 bits per heavy atom. The van der Waals surface area contributed by atoms with Crippen molar-refractivity contribution < 1.29 is 13.2 Å². The standard InChI is InChI=1S/C9H12ClNO3S/c1-2-14-6-15(12,13)7-3-4-9(11)8(10)5-7/h3-5H,2,6,11H2,1H3. The lowest BCUT2D eigenvalue weighted by atomic mass is 10.3. The lowest BCUT2D eigenvalue weighted by Crippen LogP contribution is -2.10. The maximum absolute atomic E-state index is 11.6. The molecule has 0 saturated carbocycles. The number of nitrogen functional groups attached to an aromatic ring is 1. The second kappa shape index (κ2) is 4.83. The summed E-state index contributed by atoms with van der Waals surface area (Å²) in [5, 5.41) is 0.229. The molecule has 0 aliphatic heterocycles. The Bertz CT molecular complexity index is 445. The smallest absolute Gasteiger partial charge is 0.202 e. The molecule has 1 aromatic rings. The lowest BCUT2D eigenvalue weighted by Gasteiger charge is -2.05. The molecular weight excluding hydrogens is 238 g/mol. The van der Waals surface area contributed by atoms with Crippen LogP contribution in [0.4, 0.5) is 5.69 Å². The van der Waals surface area contributed by atoms with Crippen LogP contribution in [0.15, 0.2) is 23.1 Å². The number of ether oxygens (including phenoxy) is 1. The van der Waals surface area contributed by atoms with Gasteiger partial charge in [0.1, 0.15) is 0 Å². The molecule has 1 rings (SSSR count). The second-order valence-corrected chi connectivity index (χ2v) is 5.25. The number of anilines is 1. The maximum atomic E-state index is 11.6. The van der Waals surface area contributed by atoms with E-state index in [9.17, 15) is 8.42 Å². The van der Waals surface area contributed by atoms with Crippen LogP contribution in [0, 0.1) is 0 Å². The van der Waals surface area contributed by atoms with Gasteiger partial charge in [0.15, 0.2) is 5.94 Å². The summed E-state index contributed by atoms with van der Waals surface area (Å²) < 4.78 is 28.1. The average molecular weight is 250 g/mol. The van der Waals surface area contributed by atoms with Crippen molar-refractivity contribution in [2.75, 3.05) is 18.3 Å². The SMILES string of the molecule is CCOCS(=O)(=O)c1ccc(N)c(Cl)c1. The number of nitrogens with two attached hydrogens (primary N) is 1. The molecule has 0 fully saturated rings. The molecule has 84 valence electrons. The summed E-state index contributed by atoms with van der Waals surface area (Å²) in [6.07, 6.45) is 0. The molecule has 0 heterocycles. The van der Waals surface area contributed by atoms with Crippen LogP contribution in [0.25, 0.3) is 0 Å². The van der Waals surface area contributed by atoms with Crippen LogP contribution in [0.1, 0.15) is 6.92 Å². The van der Waals surface area contributed by atoms with Crippen molar-refractivity contribution >= 4 is 27.1 Å². The van der Waals surface area contributed by atoms with Crippen molar-refractivity contribution in [1.29, 1.82) is 0 Å². The Kier molecular flexibility index (Phi) is 3.96. The molecule has 0 aliphatic carbocycles. The van der Waals surface area contributed by atoms with E-state index in [1.54, 1.807) is 6.92 Å². The minimum atomic E-state index is -3.42. The Labute approximate surface area is 93.9 Å². The van der Waals surface area contributed by atoms with Crippen LogP contribution >= 0.6 is 11.6 Å². The first kappa shape index (κ1) is 12.3. The van der Waals surface area contributed by atoms with Gasteiger partial charge >= 0.3 is 0 Å². The van der Waals surface area contributed by atoms with E-state index < -0.39 is 9.84 Å². The monoisotopic (exact) mass is 249 g/mol. The highest BCUT2D eigenvalue weighted by Crippen LogP contribution is 2.23. The maximum Gasteiger partial charge on any atom is 0.202 e. The molecule has 2 N–H and O–H groups in total. The van der Waals surface area contributed by atoms with Gasteiger partial charge in [-0.1, -0.05) is 11.6 Å². The van der Waals surface area contributed by atoms with E-state index in [2.05, 4.69) is 0 Å².